The molecule has 2 aliphatic rings. The molecule has 0 radical (unpaired) electrons. The number of nitrogens with one attached hydrogen (secondary N) is 1. The van der Waals surface area contributed by atoms with Gasteiger partial charge >= 0.3 is 0 Å². The Morgan fingerprint density at radius 1 is 1.03 bits per heavy atom. The van der Waals surface area contributed by atoms with Crippen LogP contribution in [0.2, 0.25) is 0 Å². The summed E-state index contributed by atoms with van der Waals surface area (Å²) in [5, 5.41) is 7.27. The Kier molecular flexibility index (Phi) is 6.77. The number of carbonyl (C=O) groups excluding carboxylic acids is 2. The fraction of sp³-hybridized carbons (Fsp3) is 0.565. The van der Waals surface area contributed by atoms with E-state index in [1.807, 2.05) is 35.2 Å². The summed E-state index contributed by atoms with van der Waals surface area (Å²) >= 11 is 0. The highest BCUT2D eigenvalue weighted by molar-refractivity contribution is 5.94. The van der Waals surface area contributed by atoms with Crippen LogP contribution in [0.4, 0.5) is 0 Å². The summed E-state index contributed by atoms with van der Waals surface area (Å²) in [7, 11) is 0. The minimum absolute atomic E-state index is 0.00720. The number of hydrogen-bond acceptors (Lipinski definition) is 5. The van der Waals surface area contributed by atoms with Gasteiger partial charge in [0.25, 0.3) is 5.91 Å². The summed E-state index contributed by atoms with van der Waals surface area (Å²) < 4.78 is 5.39. The van der Waals surface area contributed by atoms with Gasteiger partial charge in [0.1, 0.15) is 0 Å². The first-order valence-corrected chi connectivity index (χ1v) is 11.2. The van der Waals surface area contributed by atoms with Crippen LogP contribution >= 0.6 is 0 Å². The third kappa shape index (κ3) is 5.07. The number of amides is 2. The number of aromatic nitrogens is 2. The van der Waals surface area contributed by atoms with Crippen LogP contribution in [0.1, 0.15) is 85.9 Å². The average molecular weight is 411 g/mol. The van der Waals surface area contributed by atoms with Crippen molar-refractivity contribution in [3.63, 3.8) is 0 Å². The van der Waals surface area contributed by atoms with Crippen molar-refractivity contribution < 1.29 is 14.1 Å². The molecule has 1 aromatic heterocycles. The topological polar surface area (TPSA) is 88.3 Å². The van der Waals surface area contributed by atoms with Gasteiger partial charge in [-0.1, -0.05) is 49.0 Å². The molecule has 30 heavy (non-hydrogen) atoms. The van der Waals surface area contributed by atoms with E-state index in [1.54, 1.807) is 0 Å². The molecule has 2 amide bonds. The van der Waals surface area contributed by atoms with Gasteiger partial charge < -0.3 is 14.7 Å². The molecule has 1 unspecified atom stereocenters. The fourth-order valence-corrected chi connectivity index (χ4v) is 4.47. The molecular weight excluding hydrogens is 380 g/mol. The van der Waals surface area contributed by atoms with E-state index < -0.39 is 0 Å². The summed E-state index contributed by atoms with van der Waals surface area (Å²) in [6.07, 6.45) is 9.56. The van der Waals surface area contributed by atoms with Crippen molar-refractivity contribution in [1.29, 1.82) is 0 Å². The third-order valence-corrected chi connectivity index (χ3v) is 6.10. The molecule has 160 valence electrons. The second-order valence-corrected chi connectivity index (χ2v) is 8.32. The summed E-state index contributed by atoms with van der Waals surface area (Å²) in [5.41, 5.74) is 0.670. The maximum absolute atomic E-state index is 12.9. The van der Waals surface area contributed by atoms with Gasteiger partial charge in [0.05, 0.1) is 6.04 Å². The van der Waals surface area contributed by atoms with Crippen LogP contribution in [-0.4, -0.2) is 39.4 Å². The van der Waals surface area contributed by atoms with Crippen LogP contribution < -0.4 is 5.32 Å². The van der Waals surface area contributed by atoms with E-state index in [2.05, 4.69) is 15.5 Å². The van der Waals surface area contributed by atoms with Crippen molar-refractivity contribution in [3.8, 4) is 0 Å². The second kappa shape index (κ2) is 9.87. The Hall–Kier alpha value is -2.70. The monoisotopic (exact) mass is 410 g/mol. The van der Waals surface area contributed by atoms with E-state index in [-0.39, 0.29) is 17.9 Å². The first kappa shape index (κ1) is 20.6. The lowest BCUT2D eigenvalue weighted by Crippen LogP contribution is -2.34. The molecule has 1 atom stereocenters. The molecule has 1 N–H and O–H groups in total. The van der Waals surface area contributed by atoms with E-state index in [4.69, 9.17) is 4.52 Å². The van der Waals surface area contributed by atoms with Crippen molar-refractivity contribution >= 4 is 11.8 Å². The largest absolute Gasteiger partial charge is 0.353 e. The molecule has 0 spiro atoms. The van der Waals surface area contributed by atoms with Gasteiger partial charge in [-0.2, -0.15) is 4.98 Å². The molecule has 1 saturated heterocycles. The van der Waals surface area contributed by atoms with Gasteiger partial charge in [-0.25, -0.2) is 0 Å². The van der Waals surface area contributed by atoms with Crippen molar-refractivity contribution in [2.45, 2.75) is 76.3 Å². The third-order valence-electron chi connectivity index (χ3n) is 6.10. The van der Waals surface area contributed by atoms with Crippen LogP contribution in [0, 0.1) is 0 Å². The number of benzene rings is 1. The van der Waals surface area contributed by atoms with E-state index in [1.165, 1.54) is 25.7 Å². The standard InChI is InChI=1S/C23H30N4O3/c28-20(24-18-11-6-1-2-7-12-18)14-15-21-25-22(26-30-21)19-13-8-16-27(19)23(29)17-9-4-3-5-10-17/h3-5,9-10,18-19H,1-2,6-8,11-16H2,(H,24,28). The van der Waals surface area contributed by atoms with Gasteiger partial charge in [-0.05, 0) is 37.8 Å². The first-order valence-electron chi connectivity index (χ1n) is 11.2. The lowest BCUT2D eigenvalue weighted by Gasteiger charge is -2.22. The number of nitrogens with zero attached hydrogens (tertiary/aromatic N) is 3. The Balaban J connectivity index is 1.32. The van der Waals surface area contributed by atoms with Gasteiger partial charge in [-0.3, -0.25) is 9.59 Å². The first-order chi connectivity index (χ1) is 14.7. The molecule has 2 fully saturated rings. The molecule has 2 aromatic rings. The molecule has 1 aromatic carbocycles. The smallest absolute Gasteiger partial charge is 0.254 e. The van der Waals surface area contributed by atoms with Crippen LogP contribution in [-0.2, 0) is 11.2 Å². The Morgan fingerprint density at radius 3 is 2.57 bits per heavy atom. The average Bonchev–Trinajstić information content (AvgIpc) is 3.37. The molecule has 7 nitrogen and oxygen atoms in total. The Labute approximate surface area is 177 Å². The van der Waals surface area contributed by atoms with Gasteiger partial charge in [0.15, 0.2) is 5.82 Å². The zero-order valence-electron chi connectivity index (χ0n) is 17.4. The molecule has 1 saturated carbocycles. The maximum atomic E-state index is 12.9. The van der Waals surface area contributed by atoms with Crippen molar-refractivity contribution in [3.05, 3.63) is 47.6 Å². The van der Waals surface area contributed by atoms with E-state index in [0.29, 0.717) is 42.7 Å². The van der Waals surface area contributed by atoms with Crippen LogP contribution in [0.5, 0.6) is 0 Å². The summed E-state index contributed by atoms with van der Waals surface area (Å²) in [5.74, 6) is 1.03. The predicted octanol–water partition coefficient (Wildman–Crippen LogP) is 3.82. The second-order valence-electron chi connectivity index (χ2n) is 8.32. The number of aryl methyl sites for hydroxylation is 1. The molecule has 0 bridgehead atoms. The zero-order valence-corrected chi connectivity index (χ0v) is 17.4. The molecule has 4 rings (SSSR count). The van der Waals surface area contributed by atoms with Crippen molar-refractivity contribution in [1.82, 2.24) is 20.4 Å². The maximum Gasteiger partial charge on any atom is 0.254 e. The summed E-state index contributed by atoms with van der Waals surface area (Å²) in [6.45, 7) is 0.687. The molecule has 2 heterocycles. The normalized spacial score (nSPS) is 20.1. The minimum atomic E-state index is -0.171. The molecule has 7 heteroatoms. The van der Waals surface area contributed by atoms with Gasteiger partial charge in [0.2, 0.25) is 11.8 Å². The molecular formula is C23H30N4O3. The highest BCUT2D eigenvalue weighted by Crippen LogP contribution is 2.31. The van der Waals surface area contributed by atoms with Crippen LogP contribution in [0.15, 0.2) is 34.9 Å². The van der Waals surface area contributed by atoms with Gasteiger partial charge in [-0.15, -0.1) is 0 Å². The Bertz CT molecular complexity index is 843. The molecule has 1 aliphatic heterocycles. The minimum Gasteiger partial charge on any atom is -0.353 e. The number of carbonyl (C=O) groups is 2. The number of rotatable bonds is 6. The highest BCUT2D eigenvalue weighted by Gasteiger charge is 2.33. The Morgan fingerprint density at radius 2 is 1.80 bits per heavy atom. The summed E-state index contributed by atoms with van der Waals surface area (Å²) in [6, 6.07) is 9.41. The van der Waals surface area contributed by atoms with Crippen molar-refractivity contribution in [2.24, 2.45) is 0 Å². The SMILES string of the molecule is O=C(CCc1nc(C2CCCN2C(=O)c2ccccc2)no1)NC1CCCCCC1. The lowest BCUT2D eigenvalue weighted by atomic mass is 10.1. The zero-order chi connectivity index (χ0) is 20.8. The molecule has 1 aliphatic carbocycles. The van der Waals surface area contributed by atoms with Gasteiger partial charge in [0, 0.05) is 31.0 Å². The quantitative estimate of drug-likeness (QED) is 0.732. The van der Waals surface area contributed by atoms with E-state index in [0.717, 1.165) is 25.7 Å². The predicted molar refractivity (Wildman–Crippen MR) is 112 cm³/mol. The summed E-state index contributed by atoms with van der Waals surface area (Å²) in [4.78, 5) is 31.5. The van der Waals surface area contributed by atoms with Crippen LogP contribution in [0.3, 0.4) is 0 Å². The fourth-order valence-electron chi connectivity index (χ4n) is 4.47. The van der Waals surface area contributed by atoms with Crippen molar-refractivity contribution in [2.75, 3.05) is 6.54 Å². The van der Waals surface area contributed by atoms with Crippen LogP contribution in [0.25, 0.3) is 0 Å². The lowest BCUT2D eigenvalue weighted by molar-refractivity contribution is -0.121. The van der Waals surface area contributed by atoms with E-state index in [9.17, 15) is 9.59 Å². The number of likely N-dealkylation sites (tertiary alicyclic amines) is 1. The number of hydrogen-bond donors (Lipinski definition) is 1. The van der Waals surface area contributed by atoms with E-state index >= 15 is 0 Å². The highest BCUT2D eigenvalue weighted by atomic mass is 16.5.